The molecule has 0 spiro atoms. The molecule has 1 N–H and O–H groups in total. The summed E-state index contributed by atoms with van der Waals surface area (Å²) in [5, 5.41) is 11.2. The average Bonchev–Trinajstić information content (AvgIpc) is 3.16. The zero-order chi connectivity index (χ0) is 21.7. The van der Waals surface area contributed by atoms with Crippen LogP contribution >= 0.6 is 0 Å². The number of nitrogens with one attached hydrogen (secondary N) is 1. The number of anilines is 1. The normalized spacial score (nSPS) is 11.7. The van der Waals surface area contributed by atoms with Crippen LogP contribution in [-0.4, -0.2) is 33.9 Å². The van der Waals surface area contributed by atoms with Crippen molar-refractivity contribution in [2.75, 3.05) is 11.9 Å². The molecule has 0 atom stereocenters. The van der Waals surface area contributed by atoms with E-state index in [0.29, 0.717) is 6.54 Å². The number of fused-ring (bicyclic) bond motifs is 5. The molecule has 7 nitrogen and oxygen atoms in total. The summed E-state index contributed by atoms with van der Waals surface area (Å²) in [5.74, 6) is -0.247. The highest BCUT2D eigenvalue weighted by atomic mass is 16.2. The minimum atomic E-state index is -0.148. The molecule has 0 saturated heterocycles. The summed E-state index contributed by atoms with van der Waals surface area (Å²) >= 11 is 0. The molecular weight excluding hydrogens is 378 g/mol. The van der Waals surface area contributed by atoms with E-state index >= 15 is 0 Å². The molecule has 30 heavy (non-hydrogen) atoms. The summed E-state index contributed by atoms with van der Waals surface area (Å²) < 4.78 is 1.77. The van der Waals surface area contributed by atoms with Crippen molar-refractivity contribution in [3.63, 3.8) is 0 Å². The van der Waals surface area contributed by atoms with Crippen LogP contribution in [-0.2, 0) is 23.2 Å². The van der Waals surface area contributed by atoms with Crippen LogP contribution in [0.5, 0.6) is 0 Å². The van der Waals surface area contributed by atoms with Gasteiger partial charge in [0.05, 0.1) is 17.9 Å². The van der Waals surface area contributed by atoms with E-state index in [0.717, 1.165) is 33.8 Å². The van der Waals surface area contributed by atoms with Crippen LogP contribution in [0.25, 0.3) is 22.5 Å². The standard InChI is InChI=1S/C21H21N5O2.C2H6/c1-22-18(27)11-12-19(28)26-13-14-7-3-4-8-15(14)21-20(23-24-25(21)2)16-9-5-6-10-17(16)26;1-2/h3-10H,11-13H2,1-2H3,(H,22,27);1-2H3. The molecule has 4 rings (SSSR count). The zero-order valence-corrected chi connectivity index (χ0v) is 17.8. The number of nitrogens with zero attached hydrogens (tertiary/aromatic N) is 4. The second kappa shape index (κ2) is 9.35. The summed E-state index contributed by atoms with van der Waals surface area (Å²) in [4.78, 5) is 26.5. The number of para-hydroxylation sites is 1. The Morgan fingerprint density at radius 3 is 2.40 bits per heavy atom. The molecule has 1 aliphatic heterocycles. The van der Waals surface area contributed by atoms with Crippen LogP contribution < -0.4 is 10.2 Å². The van der Waals surface area contributed by atoms with E-state index in [-0.39, 0.29) is 24.7 Å². The predicted molar refractivity (Wildman–Crippen MR) is 118 cm³/mol. The van der Waals surface area contributed by atoms with Gasteiger partial charge in [-0.1, -0.05) is 61.5 Å². The summed E-state index contributed by atoms with van der Waals surface area (Å²) in [5.41, 5.74) is 5.32. The Morgan fingerprint density at radius 2 is 1.67 bits per heavy atom. The summed E-state index contributed by atoms with van der Waals surface area (Å²) in [7, 11) is 3.45. The lowest BCUT2D eigenvalue weighted by Crippen LogP contribution is -2.32. The van der Waals surface area contributed by atoms with Gasteiger partial charge in [0.2, 0.25) is 11.8 Å². The highest BCUT2D eigenvalue weighted by molar-refractivity contribution is 6.01. The van der Waals surface area contributed by atoms with Gasteiger partial charge in [-0.05, 0) is 11.6 Å². The molecule has 3 aromatic rings. The fourth-order valence-corrected chi connectivity index (χ4v) is 3.60. The first-order valence-electron chi connectivity index (χ1n) is 10.2. The number of hydrogen-bond acceptors (Lipinski definition) is 4. The minimum absolute atomic E-state index is 0.0989. The van der Waals surface area contributed by atoms with Crippen molar-refractivity contribution < 1.29 is 9.59 Å². The number of rotatable bonds is 3. The molecule has 0 fully saturated rings. The highest BCUT2D eigenvalue weighted by Gasteiger charge is 2.28. The third-order valence-electron chi connectivity index (χ3n) is 5.02. The molecule has 2 aromatic carbocycles. The van der Waals surface area contributed by atoms with Gasteiger partial charge in [0, 0.05) is 38.1 Å². The van der Waals surface area contributed by atoms with E-state index in [1.807, 2.05) is 69.4 Å². The number of aromatic nitrogens is 3. The number of hydrogen-bond donors (Lipinski definition) is 1. The third-order valence-corrected chi connectivity index (χ3v) is 5.02. The zero-order valence-electron chi connectivity index (χ0n) is 17.8. The smallest absolute Gasteiger partial charge is 0.227 e. The van der Waals surface area contributed by atoms with E-state index < -0.39 is 0 Å². The van der Waals surface area contributed by atoms with Crippen molar-refractivity contribution in [2.24, 2.45) is 7.05 Å². The molecule has 0 aliphatic carbocycles. The van der Waals surface area contributed by atoms with Gasteiger partial charge in [-0.25, -0.2) is 4.68 Å². The maximum Gasteiger partial charge on any atom is 0.227 e. The molecule has 0 bridgehead atoms. The Morgan fingerprint density at radius 1 is 1.00 bits per heavy atom. The quantitative estimate of drug-likeness (QED) is 0.723. The third kappa shape index (κ3) is 3.96. The van der Waals surface area contributed by atoms with Gasteiger partial charge in [-0.2, -0.15) is 0 Å². The van der Waals surface area contributed by atoms with Crippen LogP contribution in [0.3, 0.4) is 0 Å². The van der Waals surface area contributed by atoms with E-state index in [9.17, 15) is 9.59 Å². The molecule has 156 valence electrons. The van der Waals surface area contributed by atoms with Gasteiger partial charge >= 0.3 is 0 Å². The largest absolute Gasteiger partial charge is 0.359 e. The second-order valence-corrected chi connectivity index (χ2v) is 6.74. The molecule has 0 unspecified atom stereocenters. The van der Waals surface area contributed by atoms with E-state index in [1.165, 1.54) is 0 Å². The Hall–Kier alpha value is -3.48. The average molecular weight is 406 g/mol. The van der Waals surface area contributed by atoms with Gasteiger partial charge < -0.3 is 10.2 Å². The maximum absolute atomic E-state index is 13.1. The molecule has 2 amide bonds. The molecule has 2 heterocycles. The van der Waals surface area contributed by atoms with Crippen LogP contribution in [0, 0.1) is 0 Å². The molecule has 0 saturated carbocycles. The van der Waals surface area contributed by atoms with E-state index in [1.54, 1.807) is 16.6 Å². The van der Waals surface area contributed by atoms with Gasteiger partial charge in [0.25, 0.3) is 0 Å². The fraction of sp³-hybridized carbons (Fsp3) is 0.304. The second-order valence-electron chi connectivity index (χ2n) is 6.74. The van der Waals surface area contributed by atoms with Gasteiger partial charge in [-0.3, -0.25) is 9.59 Å². The van der Waals surface area contributed by atoms with Crippen LogP contribution in [0.4, 0.5) is 5.69 Å². The summed E-state index contributed by atoms with van der Waals surface area (Å²) in [6, 6.07) is 15.7. The van der Waals surface area contributed by atoms with E-state index in [4.69, 9.17) is 0 Å². The molecule has 7 heteroatoms. The lowest BCUT2D eigenvalue weighted by Gasteiger charge is -2.28. The first kappa shape index (κ1) is 21.2. The lowest BCUT2D eigenvalue weighted by atomic mass is 9.95. The number of aryl methyl sites for hydroxylation is 1. The topological polar surface area (TPSA) is 80.1 Å². The summed E-state index contributed by atoms with van der Waals surface area (Å²) in [6.45, 7) is 4.42. The first-order chi connectivity index (χ1) is 14.6. The lowest BCUT2D eigenvalue weighted by molar-refractivity contribution is -0.125. The number of carbonyl (C=O) groups is 2. The van der Waals surface area contributed by atoms with Gasteiger partial charge in [0.1, 0.15) is 5.69 Å². The Bertz CT molecular complexity index is 1060. The Balaban J connectivity index is 0.00000124. The molecule has 1 aliphatic rings. The van der Waals surface area contributed by atoms with Gasteiger partial charge in [0.15, 0.2) is 0 Å². The fourth-order valence-electron chi connectivity index (χ4n) is 3.60. The number of carbonyl (C=O) groups excluding carboxylic acids is 2. The SMILES string of the molecule is CC.CNC(=O)CCC(=O)N1Cc2ccccc2-c2c(nnn2C)-c2ccccc21. The van der Waals surface area contributed by atoms with Crippen molar-refractivity contribution in [1.82, 2.24) is 20.3 Å². The summed E-state index contributed by atoms with van der Waals surface area (Å²) in [6.07, 6.45) is 0.301. The molecule has 0 radical (unpaired) electrons. The number of amides is 2. The van der Waals surface area contributed by atoms with Crippen molar-refractivity contribution in [2.45, 2.75) is 33.2 Å². The van der Waals surface area contributed by atoms with Crippen LogP contribution in [0.2, 0.25) is 0 Å². The van der Waals surface area contributed by atoms with Gasteiger partial charge in [-0.15, -0.1) is 5.10 Å². The molecular formula is C23H27N5O2. The highest BCUT2D eigenvalue weighted by Crippen LogP contribution is 2.40. The Labute approximate surface area is 176 Å². The minimum Gasteiger partial charge on any atom is -0.359 e. The van der Waals surface area contributed by atoms with Crippen molar-refractivity contribution in [1.29, 1.82) is 0 Å². The Kier molecular flexibility index (Phi) is 6.61. The predicted octanol–water partition coefficient (Wildman–Crippen LogP) is 3.55. The van der Waals surface area contributed by atoms with Crippen molar-refractivity contribution in [3.05, 3.63) is 54.1 Å². The van der Waals surface area contributed by atoms with E-state index in [2.05, 4.69) is 15.6 Å². The van der Waals surface area contributed by atoms with Crippen molar-refractivity contribution in [3.8, 4) is 22.5 Å². The monoisotopic (exact) mass is 405 g/mol. The van der Waals surface area contributed by atoms with Crippen LogP contribution in [0.1, 0.15) is 32.3 Å². The number of benzene rings is 2. The molecule has 1 aromatic heterocycles. The first-order valence-corrected chi connectivity index (χ1v) is 10.2. The van der Waals surface area contributed by atoms with Crippen LogP contribution in [0.15, 0.2) is 48.5 Å². The maximum atomic E-state index is 13.1. The van der Waals surface area contributed by atoms with Crippen molar-refractivity contribution >= 4 is 17.5 Å².